The van der Waals surface area contributed by atoms with Crippen LogP contribution in [-0.4, -0.2) is 37.5 Å². The number of methoxy groups -OCH3 is 3. The van der Waals surface area contributed by atoms with Crippen molar-refractivity contribution in [1.82, 2.24) is 5.32 Å². The van der Waals surface area contributed by atoms with Gasteiger partial charge in [0.15, 0.2) is 16.7 Å². The number of carbonyl (C=O) groups is 1. The van der Waals surface area contributed by atoms with Crippen molar-refractivity contribution in [2.75, 3.05) is 21.3 Å². The number of aromatic hydroxyl groups is 1. The van der Waals surface area contributed by atoms with E-state index >= 15 is 0 Å². The van der Waals surface area contributed by atoms with Crippen LogP contribution >= 0.6 is 11.8 Å². The zero-order chi connectivity index (χ0) is 19.4. The van der Waals surface area contributed by atoms with Gasteiger partial charge in [0.2, 0.25) is 5.75 Å². The second kappa shape index (κ2) is 8.05. The van der Waals surface area contributed by atoms with E-state index in [9.17, 15) is 9.90 Å². The number of amidine groups is 1. The van der Waals surface area contributed by atoms with Crippen molar-refractivity contribution < 1.29 is 24.1 Å². The Bertz CT molecular complexity index is 897. The fourth-order valence-electron chi connectivity index (χ4n) is 2.40. The van der Waals surface area contributed by atoms with Gasteiger partial charge in [-0.05, 0) is 59.8 Å². The number of nitrogens with one attached hydrogen (secondary N) is 1. The van der Waals surface area contributed by atoms with Gasteiger partial charge in [0.05, 0.1) is 31.9 Å². The number of hydrogen-bond acceptors (Lipinski definition) is 7. The van der Waals surface area contributed by atoms with Gasteiger partial charge in [-0.2, -0.15) is 0 Å². The van der Waals surface area contributed by atoms with Crippen molar-refractivity contribution >= 4 is 34.6 Å². The summed E-state index contributed by atoms with van der Waals surface area (Å²) >= 11 is 1.22. The molecule has 0 aliphatic carbocycles. The van der Waals surface area contributed by atoms with Gasteiger partial charge >= 0.3 is 0 Å². The number of benzene rings is 2. The molecule has 1 heterocycles. The Hall–Kier alpha value is -3.13. The molecule has 2 aromatic carbocycles. The smallest absolute Gasteiger partial charge is 0.264 e. The molecule has 27 heavy (non-hydrogen) atoms. The average Bonchev–Trinajstić information content (AvgIpc) is 3.02. The summed E-state index contributed by atoms with van der Waals surface area (Å²) in [5, 5.41) is 13.2. The van der Waals surface area contributed by atoms with Crippen LogP contribution in [0.4, 0.5) is 5.69 Å². The highest BCUT2D eigenvalue weighted by atomic mass is 32.2. The highest BCUT2D eigenvalue weighted by Gasteiger charge is 2.24. The van der Waals surface area contributed by atoms with Crippen molar-refractivity contribution in [2.45, 2.75) is 0 Å². The minimum Gasteiger partial charge on any atom is -0.502 e. The summed E-state index contributed by atoms with van der Waals surface area (Å²) in [7, 11) is 4.49. The molecule has 0 bridgehead atoms. The summed E-state index contributed by atoms with van der Waals surface area (Å²) in [4.78, 5) is 17.1. The van der Waals surface area contributed by atoms with E-state index in [1.54, 1.807) is 49.6 Å². The number of phenols is 1. The van der Waals surface area contributed by atoms with Crippen molar-refractivity contribution in [3.63, 3.8) is 0 Å². The quantitative estimate of drug-likeness (QED) is 0.767. The molecule has 0 radical (unpaired) electrons. The number of amides is 1. The SMILES string of the molecule is COc1ccc(N=C2NC(=O)/C(=C/c3cc(OC)c(O)c(OC)c3)S2)cc1. The molecule has 1 amide bonds. The molecule has 7 nitrogen and oxygen atoms in total. The lowest BCUT2D eigenvalue weighted by Crippen LogP contribution is -2.19. The van der Waals surface area contributed by atoms with E-state index in [1.807, 2.05) is 0 Å². The Morgan fingerprint density at radius 2 is 1.67 bits per heavy atom. The summed E-state index contributed by atoms with van der Waals surface area (Å²) in [5.74, 6) is 0.914. The first-order valence-corrected chi connectivity index (χ1v) is 8.74. The summed E-state index contributed by atoms with van der Waals surface area (Å²) in [5.41, 5.74) is 1.36. The average molecular weight is 386 g/mol. The lowest BCUT2D eigenvalue weighted by molar-refractivity contribution is -0.115. The molecule has 1 saturated heterocycles. The van der Waals surface area contributed by atoms with E-state index in [1.165, 1.54) is 26.0 Å². The first kappa shape index (κ1) is 18.7. The number of carbonyl (C=O) groups excluding carboxylic acids is 1. The third kappa shape index (κ3) is 4.17. The molecule has 0 aromatic heterocycles. The fourth-order valence-corrected chi connectivity index (χ4v) is 3.24. The monoisotopic (exact) mass is 386 g/mol. The number of aliphatic imine (C=N–C) groups is 1. The van der Waals surface area contributed by atoms with Crippen molar-refractivity contribution in [3.05, 3.63) is 46.9 Å². The highest BCUT2D eigenvalue weighted by molar-refractivity contribution is 8.18. The molecule has 2 N–H and O–H groups in total. The van der Waals surface area contributed by atoms with Crippen molar-refractivity contribution in [2.24, 2.45) is 4.99 Å². The predicted molar refractivity (Wildman–Crippen MR) is 105 cm³/mol. The molecule has 1 aliphatic heterocycles. The summed E-state index contributed by atoms with van der Waals surface area (Å²) < 4.78 is 15.4. The lowest BCUT2D eigenvalue weighted by atomic mass is 10.1. The first-order chi connectivity index (χ1) is 13.0. The maximum absolute atomic E-state index is 12.2. The molecule has 3 rings (SSSR count). The van der Waals surface area contributed by atoms with Crippen LogP contribution in [0, 0.1) is 0 Å². The van der Waals surface area contributed by atoms with Gasteiger partial charge in [-0.15, -0.1) is 0 Å². The van der Waals surface area contributed by atoms with Crippen LogP contribution in [0.25, 0.3) is 6.08 Å². The normalized spacial score (nSPS) is 16.5. The van der Waals surface area contributed by atoms with Gasteiger partial charge in [-0.1, -0.05) is 0 Å². The molecule has 0 saturated carbocycles. The minimum absolute atomic E-state index is 0.0903. The van der Waals surface area contributed by atoms with Crippen LogP contribution in [0.2, 0.25) is 0 Å². The van der Waals surface area contributed by atoms with Crippen LogP contribution in [0.5, 0.6) is 23.0 Å². The summed E-state index contributed by atoms with van der Waals surface area (Å²) in [6.07, 6.45) is 1.68. The topological polar surface area (TPSA) is 89.4 Å². The van der Waals surface area contributed by atoms with Gasteiger partial charge in [-0.25, -0.2) is 4.99 Å². The maximum Gasteiger partial charge on any atom is 0.264 e. The van der Waals surface area contributed by atoms with E-state index in [0.717, 1.165) is 5.75 Å². The van der Waals surface area contributed by atoms with Crippen LogP contribution in [0.3, 0.4) is 0 Å². The van der Waals surface area contributed by atoms with Crippen LogP contribution in [0.15, 0.2) is 46.3 Å². The Morgan fingerprint density at radius 1 is 1.04 bits per heavy atom. The van der Waals surface area contributed by atoms with Gasteiger partial charge in [-0.3, -0.25) is 4.79 Å². The third-order valence-electron chi connectivity index (χ3n) is 3.75. The number of phenolic OH excluding ortho intramolecular Hbond substituents is 1. The van der Waals surface area contributed by atoms with Gasteiger partial charge in [0.25, 0.3) is 5.91 Å². The molecule has 8 heteroatoms. The molecule has 0 atom stereocenters. The molecule has 1 aliphatic rings. The minimum atomic E-state index is -0.252. The third-order valence-corrected chi connectivity index (χ3v) is 4.66. The molecular formula is C19H18N2O5S. The van der Waals surface area contributed by atoms with Crippen LogP contribution in [-0.2, 0) is 4.79 Å². The molecule has 0 unspecified atom stereocenters. The standard InChI is InChI=1S/C19H18N2O5S/c1-24-13-6-4-12(5-7-13)20-19-21-18(23)16(27-19)10-11-8-14(25-2)17(22)15(9-11)26-3/h4-10,22H,1-3H3,(H,20,21,23)/b16-10-. The Balaban J connectivity index is 1.85. The number of nitrogens with zero attached hydrogens (tertiary/aromatic N) is 1. The Morgan fingerprint density at radius 3 is 2.22 bits per heavy atom. The summed E-state index contributed by atoms with van der Waals surface area (Å²) in [6, 6.07) is 10.4. The molecule has 0 spiro atoms. The zero-order valence-electron chi connectivity index (χ0n) is 15.0. The van der Waals surface area contributed by atoms with Crippen molar-refractivity contribution in [3.8, 4) is 23.0 Å². The van der Waals surface area contributed by atoms with Gasteiger partial charge < -0.3 is 24.6 Å². The maximum atomic E-state index is 12.2. The second-order valence-corrected chi connectivity index (χ2v) is 6.48. The first-order valence-electron chi connectivity index (χ1n) is 7.92. The van der Waals surface area contributed by atoms with Crippen LogP contribution in [0.1, 0.15) is 5.56 Å². The predicted octanol–water partition coefficient (Wildman–Crippen LogP) is 3.31. The number of hydrogen-bond donors (Lipinski definition) is 2. The van der Waals surface area contributed by atoms with Crippen LogP contribution < -0.4 is 19.5 Å². The Kier molecular flexibility index (Phi) is 5.56. The van der Waals surface area contributed by atoms with E-state index < -0.39 is 0 Å². The zero-order valence-corrected chi connectivity index (χ0v) is 15.8. The van der Waals surface area contributed by atoms with E-state index in [0.29, 0.717) is 21.3 Å². The molecular weight excluding hydrogens is 368 g/mol. The molecule has 140 valence electrons. The highest BCUT2D eigenvalue weighted by Crippen LogP contribution is 2.38. The second-order valence-electron chi connectivity index (χ2n) is 5.45. The number of rotatable bonds is 5. The summed E-state index contributed by atoms with van der Waals surface area (Å²) in [6.45, 7) is 0. The fraction of sp³-hybridized carbons (Fsp3) is 0.158. The Labute approximate surface area is 160 Å². The molecule has 1 fully saturated rings. The van der Waals surface area contributed by atoms with E-state index in [4.69, 9.17) is 14.2 Å². The largest absolute Gasteiger partial charge is 0.502 e. The van der Waals surface area contributed by atoms with Crippen molar-refractivity contribution in [1.29, 1.82) is 0 Å². The van der Waals surface area contributed by atoms with Gasteiger partial charge in [0.1, 0.15) is 5.75 Å². The number of thioether (sulfide) groups is 1. The molecule has 2 aromatic rings. The van der Waals surface area contributed by atoms with E-state index in [2.05, 4.69) is 10.3 Å². The van der Waals surface area contributed by atoms with E-state index in [-0.39, 0.29) is 23.2 Å². The number of ether oxygens (including phenoxy) is 3. The van der Waals surface area contributed by atoms with Gasteiger partial charge in [0, 0.05) is 0 Å². The lowest BCUT2D eigenvalue weighted by Gasteiger charge is -2.09.